The Kier molecular flexibility index (Phi) is 5.57. The number of carboxylic acid groups (broad SMARTS) is 1. The molecule has 2 rings (SSSR count). The van der Waals surface area contributed by atoms with Gasteiger partial charge in [-0.3, -0.25) is 4.79 Å². The minimum atomic E-state index is -1.08. The summed E-state index contributed by atoms with van der Waals surface area (Å²) in [7, 11) is 0. The maximum Gasteiger partial charge on any atom is 0.336 e. The van der Waals surface area contributed by atoms with Gasteiger partial charge in [0.25, 0.3) is 5.91 Å². The smallest absolute Gasteiger partial charge is 0.336 e. The second kappa shape index (κ2) is 7.63. The molecule has 0 bridgehead atoms. The molecule has 0 spiro atoms. The van der Waals surface area contributed by atoms with Gasteiger partial charge in [-0.2, -0.15) is 0 Å². The number of hydrogen-bond acceptors (Lipinski definition) is 5. The second-order valence-corrected chi connectivity index (χ2v) is 5.44. The number of carboxylic acids is 1. The molecule has 1 aromatic carbocycles. The molecule has 24 heavy (non-hydrogen) atoms. The van der Waals surface area contributed by atoms with Crippen molar-refractivity contribution in [3.05, 3.63) is 40.2 Å². The molecule has 1 atom stereocenters. The highest BCUT2D eigenvalue weighted by molar-refractivity contribution is 5.84. The Morgan fingerprint density at radius 1 is 1.33 bits per heavy atom. The average Bonchev–Trinajstić information content (AvgIpc) is 2.51. The number of rotatable bonds is 7. The molecular weight excluding hydrogens is 314 g/mol. The first kappa shape index (κ1) is 17.5. The Bertz CT molecular complexity index is 810. The lowest BCUT2D eigenvalue weighted by atomic mass is 10.1. The predicted octanol–water partition coefficient (Wildman–Crippen LogP) is 1.85. The average molecular weight is 333 g/mol. The summed E-state index contributed by atoms with van der Waals surface area (Å²) in [6.45, 7) is 3.31. The van der Waals surface area contributed by atoms with Crippen LogP contribution in [0.5, 0.6) is 5.75 Å². The highest BCUT2D eigenvalue weighted by Crippen LogP contribution is 2.22. The van der Waals surface area contributed by atoms with E-state index >= 15 is 0 Å². The maximum absolute atomic E-state index is 11.8. The van der Waals surface area contributed by atoms with Gasteiger partial charge in [-0.15, -0.1) is 0 Å². The molecule has 0 radical (unpaired) electrons. The molecule has 0 aliphatic carbocycles. The number of ether oxygens (including phenoxy) is 1. The summed E-state index contributed by atoms with van der Waals surface area (Å²) in [5.74, 6) is -1.25. The molecule has 2 N–H and O–H groups in total. The third kappa shape index (κ3) is 4.34. The Labute approximate surface area is 138 Å². The van der Waals surface area contributed by atoms with Crippen LogP contribution in [0.3, 0.4) is 0 Å². The number of hydrogen-bond donors (Lipinski definition) is 2. The molecule has 0 saturated carbocycles. The number of aryl methyl sites for hydroxylation is 1. The normalized spacial score (nSPS) is 11.9. The Hall–Kier alpha value is -2.83. The lowest BCUT2D eigenvalue weighted by molar-refractivity contribution is -0.142. The molecule has 1 aromatic heterocycles. The van der Waals surface area contributed by atoms with E-state index in [2.05, 4.69) is 5.32 Å². The molecule has 7 nitrogen and oxygen atoms in total. The van der Waals surface area contributed by atoms with Crippen LogP contribution in [-0.4, -0.2) is 29.6 Å². The maximum atomic E-state index is 11.8. The van der Waals surface area contributed by atoms with Crippen LogP contribution in [0.15, 0.2) is 33.5 Å². The molecule has 7 heteroatoms. The van der Waals surface area contributed by atoms with Gasteiger partial charge in [0.1, 0.15) is 17.4 Å². The number of carbonyl (C=O) groups is 2. The third-order valence-electron chi connectivity index (χ3n) is 3.50. The van der Waals surface area contributed by atoms with Gasteiger partial charge in [-0.05, 0) is 31.0 Å². The van der Waals surface area contributed by atoms with E-state index in [0.717, 1.165) is 10.9 Å². The minimum Gasteiger partial charge on any atom is -0.484 e. The van der Waals surface area contributed by atoms with E-state index in [1.807, 2.05) is 6.92 Å². The molecule has 1 amide bonds. The molecule has 0 saturated heterocycles. The molecule has 0 aliphatic heterocycles. The largest absolute Gasteiger partial charge is 0.484 e. The van der Waals surface area contributed by atoms with Crippen LogP contribution in [0.1, 0.15) is 25.3 Å². The summed E-state index contributed by atoms with van der Waals surface area (Å²) in [5, 5.41) is 12.2. The van der Waals surface area contributed by atoms with Crippen LogP contribution in [0.25, 0.3) is 11.0 Å². The standard InChI is InChI=1S/C17H19NO6/c1-3-4-13(17(21)22)18-15(19)9-23-11-5-6-12-10(2)7-16(20)24-14(12)8-11/h5-8,13H,3-4,9H2,1-2H3,(H,18,19)(H,21,22). The first-order chi connectivity index (χ1) is 11.4. The van der Waals surface area contributed by atoms with Crippen LogP contribution >= 0.6 is 0 Å². The molecule has 0 aliphatic rings. The molecule has 128 valence electrons. The zero-order chi connectivity index (χ0) is 17.7. The fraction of sp³-hybridized carbons (Fsp3) is 0.353. The first-order valence-corrected chi connectivity index (χ1v) is 7.60. The third-order valence-corrected chi connectivity index (χ3v) is 3.50. The van der Waals surface area contributed by atoms with Gasteiger partial charge < -0.3 is 19.6 Å². The highest BCUT2D eigenvalue weighted by Gasteiger charge is 2.18. The second-order valence-electron chi connectivity index (χ2n) is 5.44. The van der Waals surface area contributed by atoms with Crippen molar-refractivity contribution in [3.63, 3.8) is 0 Å². The van der Waals surface area contributed by atoms with E-state index in [0.29, 0.717) is 24.2 Å². The number of benzene rings is 1. The van der Waals surface area contributed by atoms with Crippen molar-refractivity contribution in [1.82, 2.24) is 5.32 Å². The topological polar surface area (TPSA) is 106 Å². The van der Waals surface area contributed by atoms with Gasteiger partial charge in [-0.1, -0.05) is 13.3 Å². The summed E-state index contributed by atoms with van der Waals surface area (Å²) < 4.78 is 10.5. The van der Waals surface area contributed by atoms with Gasteiger partial charge in [0.05, 0.1) is 0 Å². The van der Waals surface area contributed by atoms with Gasteiger partial charge >= 0.3 is 11.6 Å². The van der Waals surface area contributed by atoms with Crippen molar-refractivity contribution >= 4 is 22.8 Å². The summed E-state index contributed by atoms with van der Waals surface area (Å²) in [6, 6.07) is 5.39. The van der Waals surface area contributed by atoms with Crippen molar-refractivity contribution in [2.75, 3.05) is 6.61 Å². The minimum absolute atomic E-state index is 0.324. The number of carbonyl (C=O) groups excluding carboxylic acids is 1. The number of fused-ring (bicyclic) bond motifs is 1. The summed E-state index contributed by atoms with van der Waals surface area (Å²) >= 11 is 0. The molecule has 1 heterocycles. The van der Waals surface area contributed by atoms with Crippen LogP contribution < -0.4 is 15.7 Å². The number of aliphatic carboxylic acids is 1. The molecular formula is C17H19NO6. The van der Waals surface area contributed by atoms with Gasteiger partial charge in [0.2, 0.25) is 0 Å². The zero-order valence-electron chi connectivity index (χ0n) is 13.5. The fourth-order valence-electron chi connectivity index (χ4n) is 2.33. The van der Waals surface area contributed by atoms with Crippen LogP contribution in [0.2, 0.25) is 0 Å². The Morgan fingerprint density at radius 2 is 2.08 bits per heavy atom. The van der Waals surface area contributed by atoms with Gasteiger partial charge in [0.15, 0.2) is 6.61 Å². The summed E-state index contributed by atoms with van der Waals surface area (Å²) in [6.07, 6.45) is 0.989. The number of nitrogens with one attached hydrogen (secondary N) is 1. The van der Waals surface area contributed by atoms with Crippen LogP contribution in [0.4, 0.5) is 0 Å². The van der Waals surface area contributed by atoms with Crippen molar-refractivity contribution in [3.8, 4) is 5.75 Å². The van der Waals surface area contributed by atoms with Crippen molar-refractivity contribution in [2.24, 2.45) is 0 Å². The van der Waals surface area contributed by atoms with Crippen molar-refractivity contribution in [1.29, 1.82) is 0 Å². The van der Waals surface area contributed by atoms with Crippen molar-refractivity contribution < 1.29 is 23.8 Å². The van der Waals surface area contributed by atoms with E-state index < -0.39 is 23.5 Å². The quantitative estimate of drug-likeness (QED) is 0.749. The van der Waals surface area contributed by atoms with E-state index in [4.69, 9.17) is 14.3 Å². The molecule has 1 unspecified atom stereocenters. The first-order valence-electron chi connectivity index (χ1n) is 7.60. The SMILES string of the molecule is CCCC(NC(=O)COc1ccc2c(C)cc(=O)oc2c1)C(=O)O. The van der Waals surface area contributed by atoms with Crippen LogP contribution in [0, 0.1) is 6.92 Å². The summed E-state index contributed by atoms with van der Waals surface area (Å²) in [4.78, 5) is 34.2. The predicted molar refractivity (Wildman–Crippen MR) is 87.2 cm³/mol. The van der Waals surface area contributed by atoms with E-state index in [9.17, 15) is 14.4 Å². The monoisotopic (exact) mass is 333 g/mol. The zero-order valence-corrected chi connectivity index (χ0v) is 13.5. The lowest BCUT2D eigenvalue weighted by Gasteiger charge is -2.14. The van der Waals surface area contributed by atoms with Gasteiger partial charge in [0, 0.05) is 17.5 Å². The fourth-order valence-corrected chi connectivity index (χ4v) is 2.33. The van der Waals surface area contributed by atoms with Crippen molar-refractivity contribution in [2.45, 2.75) is 32.7 Å². The highest BCUT2D eigenvalue weighted by atomic mass is 16.5. The molecule has 2 aromatic rings. The lowest BCUT2D eigenvalue weighted by Crippen LogP contribution is -2.42. The van der Waals surface area contributed by atoms with Gasteiger partial charge in [-0.25, -0.2) is 9.59 Å². The number of amides is 1. The van der Waals surface area contributed by atoms with E-state index in [1.54, 1.807) is 19.1 Å². The van der Waals surface area contributed by atoms with Crippen LogP contribution in [-0.2, 0) is 9.59 Å². The Balaban J connectivity index is 2.03. The van der Waals surface area contributed by atoms with E-state index in [1.165, 1.54) is 12.1 Å². The summed E-state index contributed by atoms with van der Waals surface area (Å²) in [5.41, 5.74) is 0.695. The van der Waals surface area contributed by atoms with E-state index in [-0.39, 0.29) is 6.61 Å². The molecule has 0 fully saturated rings. The Morgan fingerprint density at radius 3 is 2.75 bits per heavy atom.